The van der Waals surface area contributed by atoms with E-state index in [1.54, 1.807) is 14.2 Å². The van der Waals surface area contributed by atoms with E-state index >= 15 is 0 Å². The molecule has 0 aliphatic rings. The fraction of sp³-hybridized carbons (Fsp3) is 0.250. The van der Waals surface area contributed by atoms with Crippen molar-refractivity contribution in [2.75, 3.05) is 20.8 Å². The molecule has 1 heterocycles. The zero-order valence-corrected chi connectivity index (χ0v) is 19.8. The molecule has 3 aromatic carbocycles. The van der Waals surface area contributed by atoms with Crippen LogP contribution >= 0.6 is 0 Å². The van der Waals surface area contributed by atoms with Crippen molar-refractivity contribution in [3.05, 3.63) is 94.7 Å². The Labute approximate surface area is 199 Å². The first-order chi connectivity index (χ1) is 16.5. The maximum Gasteiger partial charge on any atom is 0.352 e. The number of carboxylic acid groups (broad SMARTS) is 1. The Morgan fingerprint density at radius 1 is 1.00 bits per heavy atom. The first-order valence-corrected chi connectivity index (χ1v) is 11.3. The Balaban J connectivity index is 1.57. The number of rotatable bonds is 10. The summed E-state index contributed by atoms with van der Waals surface area (Å²) in [5.41, 5.74) is 5.37. The van der Waals surface area contributed by atoms with Crippen LogP contribution in [-0.2, 0) is 19.5 Å². The Morgan fingerprint density at radius 3 is 2.47 bits per heavy atom. The summed E-state index contributed by atoms with van der Waals surface area (Å²) in [6, 6.07) is 21.9. The third kappa shape index (κ3) is 4.92. The number of aryl methyl sites for hydroxylation is 1. The predicted molar refractivity (Wildman–Crippen MR) is 134 cm³/mol. The van der Waals surface area contributed by atoms with Gasteiger partial charge in [-0.2, -0.15) is 0 Å². The van der Waals surface area contributed by atoms with E-state index in [0.29, 0.717) is 25.3 Å². The lowest BCUT2D eigenvalue weighted by Gasteiger charge is -2.12. The van der Waals surface area contributed by atoms with Gasteiger partial charge in [0.25, 0.3) is 0 Å². The van der Waals surface area contributed by atoms with E-state index in [9.17, 15) is 9.90 Å². The van der Waals surface area contributed by atoms with Crippen molar-refractivity contribution in [1.29, 1.82) is 0 Å². The molecule has 4 rings (SSSR count). The van der Waals surface area contributed by atoms with Crippen LogP contribution in [0.25, 0.3) is 10.9 Å². The molecule has 0 saturated heterocycles. The van der Waals surface area contributed by atoms with Gasteiger partial charge in [0.15, 0.2) is 0 Å². The summed E-state index contributed by atoms with van der Waals surface area (Å²) in [4.78, 5) is 12.4. The van der Waals surface area contributed by atoms with Gasteiger partial charge < -0.3 is 24.5 Å². The predicted octanol–water partition coefficient (Wildman–Crippen LogP) is 5.05. The van der Waals surface area contributed by atoms with E-state index < -0.39 is 5.97 Å². The van der Waals surface area contributed by atoms with Crippen LogP contribution in [0, 0.1) is 6.92 Å². The van der Waals surface area contributed by atoms with Gasteiger partial charge in [0.2, 0.25) is 0 Å². The summed E-state index contributed by atoms with van der Waals surface area (Å²) in [6.45, 7) is 3.69. The molecule has 176 valence electrons. The summed E-state index contributed by atoms with van der Waals surface area (Å²) < 4.78 is 12.7. The number of fused-ring (bicyclic) bond motifs is 1. The van der Waals surface area contributed by atoms with Gasteiger partial charge >= 0.3 is 5.97 Å². The molecule has 2 N–H and O–H groups in total. The lowest BCUT2D eigenvalue weighted by atomic mass is 10.1. The van der Waals surface area contributed by atoms with E-state index in [1.165, 1.54) is 5.56 Å². The Morgan fingerprint density at radius 2 is 1.76 bits per heavy atom. The van der Waals surface area contributed by atoms with Gasteiger partial charge in [0.1, 0.15) is 17.2 Å². The largest absolute Gasteiger partial charge is 0.497 e. The van der Waals surface area contributed by atoms with Crippen LogP contribution in [-0.4, -0.2) is 36.4 Å². The first kappa shape index (κ1) is 23.4. The quantitative estimate of drug-likeness (QED) is 0.326. The smallest absolute Gasteiger partial charge is 0.352 e. The highest BCUT2D eigenvalue weighted by Crippen LogP contribution is 2.28. The molecule has 6 nitrogen and oxygen atoms in total. The molecule has 0 saturated carbocycles. The van der Waals surface area contributed by atoms with Crippen LogP contribution in [0.1, 0.15) is 32.7 Å². The minimum absolute atomic E-state index is 0.330. The van der Waals surface area contributed by atoms with Crippen molar-refractivity contribution < 1.29 is 19.4 Å². The highest BCUT2D eigenvalue weighted by Gasteiger charge is 2.22. The Hall–Kier alpha value is -3.77. The number of aromatic nitrogens is 1. The number of hydrogen-bond acceptors (Lipinski definition) is 4. The Kier molecular flexibility index (Phi) is 7.18. The van der Waals surface area contributed by atoms with Crippen LogP contribution in [0.3, 0.4) is 0 Å². The number of nitrogens with zero attached hydrogens (tertiary/aromatic N) is 1. The monoisotopic (exact) mass is 458 g/mol. The average Bonchev–Trinajstić information content (AvgIpc) is 3.16. The minimum Gasteiger partial charge on any atom is -0.497 e. The molecule has 0 bridgehead atoms. The van der Waals surface area contributed by atoms with Crippen molar-refractivity contribution in [3.63, 3.8) is 0 Å². The topological polar surface area (TPSA) is 72.7 Å². The maximum absolute atomic E-state index is 12.4. The van der Waals surface area contributed by atoms with E-state index in [0.717, 1.165) is 45.5 Å². The number of benzene rings is 3. The second kappa shape index (κ2) is 10.4. The summed E-state index contributed by atoms with van der Waals surface area (Å²) in [5.74, 6) is 0.611. The number of carbonyl (C=O) groups is 1. The summed E-state index contributed by atoms with van der Waals surface area (Å²) in [6.07, 6.45) is 0.748. The van der Waals surface area contributed by atoms with E-state index in [4.69, 9.17) is 9.47 Å². The zero-order chi connectivity index (χ0) is 24.1. The molecular formula is C28H30N2O4. The van der Waals surface area contributed by atoms with Crippen molar-refractivity contribution in [3.8, 4) is 11.5 Å². The van der Waals surface area contributed by atoms with Crippen molar-refractivity contribution in [2.45, 2.75) is 26.4 Å². The van der Waals surface area contributed by atoms with E-state index in [-0.39, 0.29) is 0 Å². The number of ether oxygens (including phenoxy) is 2. The molecular weight excluding hydrogens is 428 g/mol. The van der Waals surface area contributed by atoms with Crippen LogP contribution < -0.4 is 14.8 Å². The second-order valence-corrected chi connectivity index (χ2v) is 8.33. The van der Waals surface area contributed by atoms with Gasteiger partial charge in [-0.25, -0.2) is 4.79 Å². The van der Waals surface area contributed by atoms with Gasteiger partial charge in [-0.1, -0.05) is 54.1 Å². The van der Waals surface area contributed by atoms with Gasteiger partial charge in [0.05, 0.1) is 14.2 Å². The molecule has 4 aromatic rings. The lowest BCUT2D eigenvalue weighted by molar-refractivity contribution is 0.0684. The molecule has 34 heavy (non-hydrogen) atoms. The van der Waals surface area contributed by atoms with Gasteiger partial charge in [-0.05, 0) is 43.1 Å². The van der Waals surface area contributed by atoms with Crippen LogP contribution in [0.5, 0.6) is 11.5 Å². The van der Waals surface area contributed by atoms with Crippen molar-refractivity contribution in [2.24, 2.45) is 0 Å². The number of hydrogen-bond donors (Lipinski definition) is 2. The maximum atomic E-state index is 12.4. The lowest BCUT2D eigenvalue weighted by Crippen LogP contribution is -2.19. The summed E-state index contributed by atoms with van der Waals surface area (Å²) in [7, 11) is 3.28. The third-order valence-corrected chi connectivity index (χ3v) is 6.11. The number of para-hydroxylation sites is 1. The van der Waals surface area contributed by atoms with Crippen molar-refractivity contribution in [1.82, 2.24) is 9.88 Å². The Bertz CT molecular complexity index is 1290. The molecule has 0 amide bonds. The fourth-order valence-electron chi connectivity index (χ4n) is 4.33. The van der Waals surface area contributed by atoms with Gasteiger partial charge in [-0.3, -0.25) is 0 Å². The van der Waals surface area contributed by atoms with Crippen LogP contribution in [0.15, 0.2) is 66.7 Å². The third-order valence-electron chi connectivity index (χ3n) is 6.11. The molecule has 0 aliphatic carbocycles. The molecule has 0 atom stereocenters. The van der Waals surface area contributed by atoms with E-state index in [2.05, 4.69) is 29.6 Å². The summed E-state index contributed by atoms with van der Waals surface area (Å²) >= 11 is 0. The van der Waals surface area contributed by atoms with Gasteiger partial charge in [-0.15, -0.1) is 0 Å². The molecule has 0 aliphatic heterocycles. The number of nitrogens with one attached hydrogen (secondary N) is 1. The fourth-order valence-corrected chi connectivity index (χ4v) is 4.33. The molecule has 6 heteroatoms. The van der Waals surface area contributed by atoms with Crippen molar-refractivity contribution >= 4 is 16.9 Å². The highest BCUT2D eigenvalue weighted by molar-refractivity contribution is 5.98. The normalized spacial score (nSPS) is 11.0. The number of carboxylic acids is 1. The molecule has 0 fully saturated rings. The first-order valence-electron chi connectivity index (χ1n) is 11.3. The van der Waals surface area contributed by atoms with Gasteiger partial charge in [0, 0.05) is 35.6 Å². The molecule has 1 aromatic heterocycles. The highest BCUT2D eigenvalue weighted by atomic mass is 16.5. The van der Waals surface area contributed by atoms with Crippen LogP contribution in [0.2, 0.25) is 0 Å². The summed E-state index contributed by atoms with van der Waals surface area (Å²) in [5, 5.41) is 14.5. The molecule has 0 radical (unpaired) electrons. The molecule has 0 unspecified atom stereocenters. The van der Waals surface area contributed by atoms with E-state index in [1.807, 2.05) is 54.0 Å². The SMILES string of the molecule is COc1ccc(CCNCc2c(C(=O)O)n(Cc3ccc(C)cc3)c3ccccc23)c(OC)c1. The minimum atomic E-state index is -0.920. The average molecular weight is 459 g/mol. The molecule has 0 spiro atoms. The number of aromatic carboxylic acids is 1. The van der Waals surface area contributed by atoms with Crippen LogP contribution in [0.4, 0.5) is 0 Å². The zero-order valence-electron chi connectivity index (χ0n) is 19.8. The second-order valence-electron chi connectivity index (χ2n) is 8.33. The standard InChI is InChI=1S/C28H30N2O4/c1-19-8-10-20(11-9-19)18-30-25-7-5-4-6-23(25)24(27(30)28(31)32)17-29-15-14-21-12-13-22(33-2)16-26(21)34-3/h4-13,16,29H,14-15,17-18H2,1-3H3,(H,31,32). The number of methoxy groups -OCH3 is 2.